The molecule has 0 unspecified atom stereocenters. The second-order valence-corrected chi connectivity index (χ2v) is 8.46. The molecule has 0 saturated carbocycles. The van der Waals surface area contributed by atoms with Crippen LogP contribution in [0.15, 0.2) is 24.3 Å². The highest BCUT2D eigenvalue weighted by Gasteiger charge is 2.48. The summed E-state index contributed by atoms with van der Waals surface area (Å²) in [5.41, 5.74) is 1.30. The molecule has 3 rings (SSSR count). The molecule has 20 heavy (non-hydrogen) atoms. The molecular formula is C13H14N2O3S2. The van der Waals surface area contributed by atoms with Crippen molar-refractivity contribution >= 4 is 38.2 Å². The number of fused-ring (bicyclic) bond motifs is 1. The lowest BCUT2D eigenvalue weighted by Crippen LogP contribution is -2.37. The van der Waals surface area contributed by atoms with Gasteiger partial charge in [0.25, 0.3) is 0 Å². The van der Waals surface area contributed by atoms with Gasteiger partial charge in [-0.2, -0.15) is 0 Å². The molecule has 2 fully saturated rings. The predicted octanol–water partition coefficient (Wildman–Crippen LogP) is 1.54. The van der Waals surface area contributed by atoms with Gasteiger partial charge in [0.2, 0.25) is 0 Å². The van der Waals surface area contributed by atoms with Crippen LogP contribution in [0.3, 0.4) is 0 Å². The van der Waals surface area contributed by atoms with Crippen LogP contribution in [0.2, 0.25) is 0 Å². The topological polar surface area (TPSA) is 78.3 Å². The maximum atomic E-state index is 11.7. The van der Waals surface area contributed by atoms with E-state index < -0.39 is 9.84 Å². The monoisotopic (exact) mass is 310 g/mol. The fraction of sp³-hybridized carbons (Fsp3) is 0.385. The first-order valence-electron chi connectivity index (χ1n) is 6.23. The van der Waals surface area contributed by atoms with Gasteiger partial charge in [0.1, 0.15) is 0 Å². The first-order valence-corrected chi connectivity index (χ1v) is 8.93. The molecule has 1 aromatic rings. The van der Waals surface area contributed by atoms with Crippen molar-refractivity contribution in [1.82, 2.24) is 0 Å². The summed E-state index contributed by atoms with van der Waals surface area (Å²) in [6.07, 6.45) is 0. The first kappa shape index (κ1) is 13.6. The number of anilines is 1. The normalized spacial score (nSPS) is 27.6. The van der Waals surface area contributed by atoms with Gasteiger partial charge >= 0.3 is 0 Å². The van der Waals surface area contributed by atoms with Crippen molar-refractivity contribution in [3.63, 3.8) is 0 Å². The summed E-state index contributed by atoms with van der Waals surface area (Å²) in [5.74, 6) is 0.172. The van der Waals surface area contributed by atoms with E-state index in [9.17, 15) is 13.2 Å². The minimum atomic E-state index is -3.02. The number of hydrogen-bond donors (Lipinski definition) is 1. The summed E-state index contributed by atoms with van der Waals surface area (Å²) in [4.78, 5) is 13.2. The molecule has 0 aliphatic carbocycles. The average molecular weight is 310 g/mol. The molecule has 0 amide bonds. The Morgan fingerprint density at radius 1 is 1.40 bits per heavy atom. The van der Waals surface area contributed by atoms with E-state index in [2.05, 4.69) is 0 Å². The van der Waals surface area contributed by atoms with Crippen molar-refractivity contribution in [1.29, 1.82) is 5.41 Å². The van der Waals surface area contributed by atoms with Crippen molar-refractivity contribution in [2.24, 2.45) is 0 Å². The Morgan fingerprint density at radius 3 is 2.85 bits per heavy atom. The van der Waals surface area contributed by atoms with Crippen LogP contribution in [0, 0.1) is 5.41 Å². The molecule has 2 aliphatic heterocycles. The van der Waals surface area contributed by atoms with E-state index in [1.807, 2.05) is 6.07 Å². The predicted molar refractivity (Wildman–Crippen MR) is 80.5 cm³/mol. The Kier molecular flexibility index (Phi) is 3.13. The first-order chi connectivity index (χ1) is 9.37. The molecule has 0 bridgehead atoms. The summed E-state index contributed by atoms with van der Waals surface area (Å²) in [7, 11) is -3.02. The Labute approximate surface area is 121 Å². The number of Topliss-reactive ketones (excluding diaryl/α,β-unsaturated/α-hetero) is 1. The zero-order valence-corrected chi connectivity index (χ0v) is 12.5. The van der Waals surface area contributed by atoms with E-state index in [1.54, 1.807) is 23.1 Å². The number of carbonyl (C=O) groups is 1. The van der Waals surface area contributed by atoms with Gasteiger partial charge in [0.05, 0.1) is 17.5 Å². The van der Waals surface area contributed by atoms with Gasteiger partial charge in [-0.3, -0.25) is 10.2 Å². The van der Waals surface area contributed by atoms with Crippen LogP contribution < -0.4 is 4.90 Å². The number of ketones is 1. The molecule has 0 spiro atoms. The molecule has 2 heterocycles. The molecule has 7 heteroatoms. The summed E-state index contributed by atoms with van der Waals surface area (Å²) >= 11 is 1.30. The van der Waals surface area contributed by atoms with Crippen LogP contribution in [0.25, 0.3) is 0 Å². The number of thioether (sulfide) groups is 1. The summed E-state index contributed by atoms with van der Waals surface area (Å²) in [5, 5.41) is 8.34. The molecule has 2 aliphatic rings. The van der Waals surface area contributed by atoms with Crippen molar-refractivity contribution in [3.05, 3.63) is 29.8 Å². The quantitative estimate of drug-likeness (QED) is 0.838. The minimum Gasteiger partial charge on any atom is -0.316 e. The third kappa shape index (κ3) is 2.25. The van der Waals surface area contributed by atoms with Crippen molar-refractivity contribution in [3.8, 4) is 0 Å². The number of benzene rings is 1. The molecule has 1 aromatic carbocycles. The van der Waals surface area contributed by atoms with Crippen LogP contribution >= 0.6 is 11.8 Å². The van der Waals surface area contributed by atoms with Gasteiger partial charge in [-0.1, -0.05) is 23.9 Å². The van der Waals surface area contributed by atoms with Crippen LogP contribution in [0.5, 0.6) is 0 Å². The van der Waals surface area contributed by atoms with E-state index in [-0.39, 0.29) is 28.6 Å². The molecule has 0 aromatic heterocycles. The largest absolute Gasteiger partial charge is 0.316 e. The van der Waals surface area contributed by atoms with Crippen LogP contribution in [-0.4, -0.2) is 42.2 Å². The average Bonchev–Trinajstić information content (AvgIpc) is 2.79. The standard InChI is InChI=1S/C13H14N2O3S2/c1-8(16)9-3-2-4-10(5-9)15-11-6-20(17,18)7-12(11)19-13(15)14/h2-5,11-12,14H,6-7H2,1H3/t11-,12+/m1/s1. The number of sulfone groups is 1. The molecule has 0 radical (unpaired) electrons. The van der Waals surface area contributed by atoms with Crippen molar-refractivity contribution in [2.75, 3.05) is 16.4 Å². The zero-order chi connectivity index (χ0) is 14.5. The fourth-order valence-corrected chi connectivity index (χ4v) is 6.48. The SMILES string of the molecule is CC(=O)c1cccc(N2C(=N)S[C@H]3CS(=O)(=O)C[C@H]32)c1. The van der Waals surface area contributed by atoms with Gasteiger partial charge in [-0.05, 0) is 19.1 Å². The van der Waals surface area contributed by atoms with E-state index in [1.165, 1.54) is 18.7 Å². The highest BCUT2D eigenvalue weighted by molar-refractivity contribution is 8.15. The summed E-state index contributed by atoms with van der Waals surface area (Å²) in [6.45, 7) is 1.49. The van der Waals surface area contributed by atoms with Gasteiger partial charge in [0.15, 0.2) is 20.8 Å². The van der Waals surface area contributed by atoms with Gasteiger partial charge in [0, 0.05) is 16.5 Å². The lowest BCUT2D eigenvalue weighted by Gasteiger charge is -2.24. The Bertz CT molecular complexity index is 699. The number of carbonyl (C=O) groups excluding carboxylic acids is 1. The summed E-state index contributed by atoms with van der Waals surface area (Å²) in [6, 6.07) is 6.83. The third-order valence-electron chi connectivity index (χ3n) is 3.62. The number of hydrogen-bond acceptors (Lipinski definition) is 5. The summed E-state index contributed by atoms with van der Waals surface area (Å²) < 4.78 is 23.5. The maximum Gasteiger partial charge on any atom is 0.161 e. The number of rotatable bonds is 2. The van der Waals surface area contributed by atoms with E-state index in [0.717, 1.165) is 5.69 Å². The fourth-order valence-electron chi connectivity index (χ4n) is 2.68. The number of amidine groups is 1. The zero-order valence-electron chi connectivity index (χ0n) is 10.9. The molecule has 2 saturated heterocycles. The highest BCUT2D eigenvalue weighted by Crippen LogP contribution is 2.40. The number of nitrogens with one attached hydrogen (secondary N) is 1. The maximum absolute atomic E-state index is 11.7. The molecule has 5 nitrogen and oxygen atoms in total. The van der Waals surface area contributed by atoms with Gasteiger partial charge < -0.3 is 4.90 Å². The minimum absolute atomic E-state index is 0.0409. The molecule has 2 atom stereocenters. The van der Waals surface area contributed by atoms with Crippen molar-refractivity contribution in [2.45, 2.75) is 18.2 Å². The van der Waals surface area contributed by atoms with Crippen LogP contribution in [0.1, 0.15) is 17.3 Å². The highest BCUT2D eigenvalue weighted by atomic mass is 32.2. The Hall–Kier alpha value is -1.34. The van der Waals surface area contributed by atoms with E-state index in [0.29, 0.717) is 10.7 Å². The lowest BCUT2D eigenvalue weighted by molar-refractivity contribution is 0.101. The molecule has 106 valence electrons. The Morgan fingerprint density at radius 2 is 2.15 bits per heavy atom. The third-order valence-corrected chi connectivity index (χ3v) is 6.75. The van der Waals surface area contributed by atoms with Gasteiger partial charge in [-0.25, -0.2) is 8.42 Å². The molecule has 1 N–H and O–H groups in total. The van der Waals surface area contributed by atoms with Gasteiger partial charge in [-0.15, -0.1) is 0 Å². The van der Waals surface area contributed by atoms with Crippen LogP contribution in [0.4, 0.5) is 5.69 Å². The smallest absolute Gasteiger partial charge is 0.161 e. The molecular weight excluding hydrogens is 296 g/mol. The van der Waals surface area contributed by atoms with E-state index in [4.69, 9.17) is 5.41 Å². The van der Waals surface area contributed by atoms with Crippen molar-refractivity contribution < 1.29 is 13.2 Å². The second kappa shape index (κ2) is 4.60. The van der Waals surface area contributed by atoms with E-state index >= 15 is 0 Å². The lowest BCUT2D eigenvalue weighted by atomic mass is 10.1. The van der Waals surface area contributed by atoms with Crippen LogP contribution in [-0.2, 0) is 9.84 Å². The number of nitrogens with zero attached hydrogens (tertiary/aromatic N) is 1. The second-order valence-electron chi connectivity index (χ2n) is 5.08. The Balaban J connectivity index is 1.99.